The Kier molecular flexibility index (Phi) is 4.70. The molecule has 0 fully saturated rings. The SMILES string of the molecule is COc1cc(Cl)c(C)cc1Nc1ccc(C)cc1C(N)=S. The Labute approximate surface area is 135 Å². The van der Waals surface area contributed by atoms with Crippen LogP contribution < -0.4 is 15.8 Å². The maximum absolute atomic E-state index is 6.12. The number of benzene rings is 2. The van der Waals surface area contributed by atoms with Gasteiger partial charge in [0.1, 0.15) is 10.7 Å². The highest BCUT2D eigenvalue weighted by molar-refractivity contribution is 7.80. The van der Waals surface area contributed by atoms with Crippen molar-refractivity contribution in [1.82, 2.24) is 0 Å². The third-order valence-electron chi connectivity index (χ3n) is 3.19. The summed E-state index contributed by atoms with van der Waals surface area (Å²) in [5, 5.41) is 3.98. The maximum atomic E-state index is 6.12. The number of hydrogen-bond donors (Lipinski definition) is 2. The molecule has 0 aliphatic carbocycles. The zero-order chi connectivity index (χ0) is 15.6. The van der Waals surface area contributed by atoms with Gasteiger partial charge in [-0.05, 0) is 37.6 Å². The predicted octanol–water partition coefficient (Wildman–Crippen LogP) is 4.34. The van der Waals surface area contributed by atoms with E-state index in [1.807, 2.05) is 38.1 Å². The van der Waals surface area contributed by atoms with Crippen LogP contribution in [0.1, 0.15) is 16.7 Å². The van der Waals surface area contributed by atoms with E-state index in [1.54, 1.807) is 13.2 Å². The summed E-state index contributed by atoms with van der Waals surface area (Å²) >= 11 is 11.2. The molecule has 0 aliphatic heterocycles. The van der Waals surface area contributed by atoms with Crippen LogP contribution in [0.15, 0.2) is 30.3 Å². The summed E-state index contributed by atoms with van der Waals surface area (Å²) < 4.78 is 5.37. The van der Waals surface area contributed by atoms with Crippen LogP contribution in [0.3, 0.4) is 0 Å². The first-order valence-electron chi connectivity index (χ1n) is 6.44. The van der Waals surface area contributed by atoms with Crippen molar-refractivity contribution in [2.24, 2.45) is 5.73 Å². The largest absolute Gasteiger partial charge is 0.495 e. The maximum Gasteiger partial charge on any atom is 0.143 e. The number of nitrogens with two attached hydrogens (primary N) is 1. The van der Waals surface area contributed by atoms with E-state index >= 15 is 0 Å². The number of anilines is 2. The molecule has 0 saturated heterocycles. The fraction of sp³-hybridized carbons (Fsp3) is 0.188. The second-order valence-electron chi connectivity index (χ2n) is 4.84. The second kappa shape index (κ2) is 6.33. The number of thiocarbonyl (C=S) groups is 1. The van der Waals surface area contributed by atoms with Crippen LogP contribution in [0.4, 0.5) is 11.4 Å². The lowest BCUT2D eigenvalue weighted by molar-refractivity contribution is 0.417. The Morgan fingerprint density at radius 1 is 1.19 bits per heavy atom. The minimum Gasteiger partial charge on any atom is -0.495 e. The van der Waals surface area contributed by atoms with E-state index in [4.69, 9.17) is 34.3 Å². The molecule has 0 aliphatic rings. The lowest BCUT2D eigenvalue weighted by atomic mass is 10.1. The predicted molar refractivity (Wildman–Crippen MR) is 93.1 cm³/mol. The fourth-order valence-corrected chi connectivity index (χ4v) is 2.37. The fourth-order valence-electron chi connectivity index (χ4n) is 2.05. The summed E-state index contributed by atoms with van der Waals surface area (Å²) in [7, 11) is 1.61. The zero-order valence-corrected chi connectivity index (χ0v) is 13.7. The average Bonchev–Trinajstić information content (AvgIpc) is 2.44. The summed E-state index contributed by atoms with van der Waals surface area (Å²) in [6.07, 6.45) is 0. The molecule has 2 rings (SSSR count). The monoisotopic (exact) mass is 320 g/mol. The van der Waals surface area contributed by atoms with Gasteiger partial charge in [0, 0.05) is 22.3 Å². The normalized spacial score (nSPS) is 10.3. The van der Waals surface area contributed by atoms with Crippen molar-refractivity contribution >= 4 is 40.2 Å². The van der Waals surface area contributed by atoms with E-state index in [-0.39, 0.29) is 0 Å². The van der Waals surface area contributed by atoms with Gasteiger partial charge in [-0.3, -0.25) is 0 Å². The van der Waals surface area contributed by atoms with Gasteiger partial charge in [-0.1, -0.05) is 35.4 Å². The molecular formula is C16H17ClN2OS. The van der Waals surface area contributed by atoms with Crippen molar-refractivity contribution in [3.05, 3.63) is 52.0 Å². The summed E-state index contributed by atoms with van der Waals surface area (Å²) in [4.78, 5) is 0.353. The number of hydrogen-bond acceptors (Lipinski definition) is 3. The minimum absolute atomic E-state index is 0.353. The zero-order valence-electron chi connectivity index (χ0n) is 12.2. The third kappa shape index (κ3) is 3.46. The molecule has 5 heteroatoms. The Bertz CT molecular complexity index is 701. The lowest BCUT2D eigenvalue weighted by Crippen LogP contribution is -2.12. The molecule has 0 bridgehead atoms. The Balaban J connectivity index is 2.47. The molecule has 0 saturated carbocycles. The standard InChI is InChI=1S/C16H17ClN2OS/c1-9-4-5-13(11(6-9)16(18)21)19-14-7-10(2)12(17)8-15(14)20-3/h4-8,19H,1-3H3,(H2,18,21). The van der Waals surface area contributed by atoms with E-state index < -0.39 is 0 Å². The first kappa shape index (κ1) is 15.6. The first-order chi connectivity index (χ1) is 9.92. The number of rotatable bonds is 4. The van der Waals surface area contributed by atoms with Crippen LogP contribution in [0, 0.1) is 13.8 Å². The number of aryl methyl sites for hydroxylation is 2. The van der Waals surface area contributed by atoms with Crippen molar-refractivity contribution in [1.29, 1.82) is 0 Å². The molecule has 0 amide bonds. The van der Waals surface area contributed by atoms with Crippen LogP contribution in [-0.2, 0) is 0 Å². The average molecular weight is 321 g/mol. The van der Waals surface area contributed by atoms with Crippen molar-refractivity contribution in [3.8, 4) is 5.75 Å². The highest BCUT2D eigenvalue weighted by Crippen LogP contribution is 2.34. The molecular weight excluding hydrogens is 304 g/mol. The van der Waals surface area contributed by atoms with Gasteiger partial charge in [-0.2, -0.15) is 0 Å². The van der Waals surface area contributed by atoms with Gasteiger partial charge in [0.25, 0.3) is 0 Å². The molecule has 2 aromatic carbocycles. The topological polar surface area (TPSA) is 47.3 Å². The molecule has 2 aromatic rings. The molecule has 0 heterocycles. The van der Waals surface area contributed by atoms with E-state index in [2.05, 4.69) is 5.32 Å². The van der Waals surface area contributed by atoms with Crippen LogP contribution >= 0.6 is 23.8 Å². The number of ether oxygens (including phenoxy) is 1. The molecule has 0 radical (unpaired) electrons. The Morgan fingerprint density at radius 3 is 2.52 bits per heavy atom. The van der Waals surface area contributed by atoms with Crippen molar-refractivity contribution in [3.63, 3.8) is 0 Å². The Hall–Kier alpha value is -1.78. The van der Waals surface area contributed by atoms with Gasteiger partial charge in [-0.25, -0.2) is 0 Å². The number of nitrogens with one attached hydrogen (secondary N) is 1. The summed E-state index contributed by atoms with van der Waals surface area (Å²) in [6, 6.07) is 9.63. The highest BCUT2D eigenvalue weighted by atomic mass is 35.5. The molecule has 21 heavy (non-hydrogen) atoms. The van der Waals surface area contributed by atoms with Crippen LogP contribution in [0.5, 0.6) is 5.75 Å². The quantitative estimate of drug-likeness (QED) is 0.822. The molecule has 0 spiro atoms. The molecule has 3 nitrogen and oxygen atoms in total. The summed E-state index contributed by atoms with van der Waals surface area (Å²) in [5.74, 6) is 0.667. The molecule has 3 N–H and O–H groups in total. The van der Waals surface area contributed by atoms with Gasteiger partial charge in [0.2, 0.25) is 0 Å². The number of halogens is 1. The van der Waals surface area contributed by atoms with Crippen LogP contribution in [-0.4, -0.2) is 12.1 Å². The van der Waals surface area contributed by atoms with Crippen molar-refractivity contribution in [2.75, 3.05) is 12.4 Å². The minimum atomic E-state index is 0.353. The summed E-state index contributed by atoms with van der Waals surface area (Å²) in [5.41, 5.74) is 10.3. The van der Waals surface area contributed by atoms with E-state index in [9.17, 15) is 0 Å². The van der Waals surface area contributed by atoms with Crippen molar-refractivity contribution < 1.29 is 4.74 Å². The second-order valence-corrected chi connectivity index (χ2v) is 5.69. The van der Waals surface area contributed by atoms with E-state index in [1.165, 1.54) is 0 Å². The summed E-state index contributed by atoms with van der Waals surface area (Å²) in [6.45, 7) is 3.94. The first-order valence-corrected chi connectivity index (χ1v) is 7.22. The van der Waals surface area contributed by atoms with E-state index in [0.717, 1.165) is 28.1 Å². The van der Waals surface area contributed by atoms with Crippen LogP contribution in [0.25, 0.3) is 0 Å². The molecule has 0 atom stereocenters. The van der Waals surface area contributed by atoms with Gasteiger partial charge in [0.05, 0.1) is 12.8 Å². The van der Waals surface area contributed by atoms with Crippen LogP contribution in [0.2, 0.25) is 5.02 Å². The molecule has 0 unspecified atom stereocenters. The third-order valence-corrected chi connectivity index (χ3v) is 3.82. The van der Waals surface area contributed by atoms with Gasteiger partial charge in [0.15, 0.2) is 0 Å². The van der Waals surface area contributed by atoms with Gasteiger partial charge in [-0.15, -0.1) is 0 Å². The lowest BCUT2D eigenvalue weighted by Gasteiger charge is -2.16. The molecule has 0 aromatic heterocycles. The highest BCUT2D eigenvalue weighted by Gasteiger charge is 2.11. The Morgan fingerprint density at radius 2 is 1.90 bits per heavy atom. The van der Waals surface area contributed by atoms with E-state index in [0.29, 0.717) is 15.8 Å². The number of methoxy groups -OCH3 is 1. The van der Waals surface area contributed by atoms with Gasteiger partial charge >= 0.3 is 0 Å². The van der Waals surface area contributed by atoms with Gasteiger partial charge < -0.3 is 15.8 Å². The smallest absolute Gasteiger partial charge is 0.143 e. The molecule has 110 valence electrons. The van der Waals surface area contributed by atoms with Crippen molar-refractivity contribution in [2.45, 2.75) is 13.8 Å².